The van der Waals surface area contributed by atoms with E-state index < -0.39 is 0 Å². The largest absolute Gasteiger partial charge is 0.346 e. The summed E-state index contributed by atoms with van der Waals surface area (Å²) in [6.07, 6.45) is 0. The Morgan fingerprint density at radius 3 is 2.67 bits per heavy atom. The first-order valence-corrected chi connectivity index (χ1v) is 7.99. The molecule has 1 amide bonds. The van der Waals surface area contributed by atoms with Gasteiger partial charge in [-0.05, 0) is 55.4 Å². The van der Waals surface area contributed by atoms with Crippen molar-refractivity contribution in [2.45, 2.75) is 19.9 Å². The highest BCUT2D eigenvalue weighted by molar-refractivity contribution is 7.71. The van der Waals surface area contributed by atoms with Gasteiger partial charge in [-0.15, -0.1) is 0 Å². The van der Waals surface area contributed by atoms with Gasteiger partial charge in [0, 0.05) is 5.56 Å². The normalized spacial score (nSPS) is 12.1. The van der Waals surface area contributed by atoms with Gasteiger partial charge in [-0.1, -0.05) is 24.3 Å². The molecule has 3 rings (SSSR count). The van der Waals surface area contributed by atoms with Crippen molar-refractivity contribution >= 4 is 29.0 Å². The number of hydrogen-bond acceptors (Lipinski definition) is 3. The zero-order valence-corrected chi connectivity index (χ0v) is 14.2. The van der Waals surface area contributed by atoms with E-state index >= 15 is 0 Å². The third-order valence-electron chi connectivity index (χ3n) is 4.00. The van der Waals surface area contributed by atoms with E-state index in [1.54, 1.807) is 18.2 Å². The molecule has 0 bridgehead atoms. The number of H-pyrrole nitrogens is 2. The van der Waals surface area contributed by atoms with Gasteiger partial charge >= 0.3 is 0 Å². The first kappa shape index (κ1) is 16.1. The molecule has 0 saturated carbocycles. The molecule has 0 radical (unpaired) electrons. The first-order chi connectivity index (χ1) is 11.5. The van der Waals surface area contributed by atoms with Crippen molar-refractivity contribution in [1.82, 2.24) is 15.3 Å². The molecule has 5 nitrogen and oxygen atoms in total. The Labute approximate surface area is 143 Å². The maximum absolute atomic E-state index is 12.5. The minimum Gasteiger partial charge on any atom is -0.346 e. The quantitative estimate of drug-likeness (QED) is 0.640. The summed E-state index contributed by atoms with van der Waals surface area (Å²) >= 11 is 4.97. The van der Waals surface area contributed by atoms with Crippen molar-refractivity contribution < 1.29 is 4.79 Å². The van der Waals surface area contributed by atoms with Crippen LogP contribution in [-0.2, 0) is 0 Å². The van der Waals surface area contributed by atoms with Crippen molar-refractivity contribution in [2.24, 2.45) is 0 Å². The monoisotopic (exact) mass is 339 g/mol. The van der Waals surface area contributed by atoms with E-state index in [9.17, 15) is 9.59 Å². The molecule has 3 N–H and O–H groups in total. The lowest BCUT2D eigenvalue weighted by atomic mass is 10.0. The molecule has 0 saturated heterocycles. The van der Waals surface area contributed by atoms with Crippen molar-refractivity contribution in [1.29, 1.82) is 0 Å². The molecule has 1 aromatic heterocycles. The number of rotatable bonds is 3. The van der Waals surface area contributed by atoms with Gasteiger partial charge in [0.05, 0.1) is 16.9 Å². The smallest absolute Gasteiger partial charge is 0.259 e. The molecule has 1 heterocycles. The Bertz CT molecular complexity index is 1040. The first-order valence-electron chi connectivity index (χ1n) is 7.58. The molecule has 6 heteroatoms. The van der Waals surface area contributed by atoms with Crippen LogP contribution in [0.25, 0.3) is 10.9 Å². The minimum absolute atomic E-state index is 0.118. The molecule has 2 aromatic carbocycles. The van der Waals surface area contributed by atoms with E-state index in [2.05, 4.69) is 15.3 Å². The summed E-state index contributed by atoms with van der Waals surface area (Å²) in [6, 6.07) is 12.7. The van der Waals surface area contributed by atoms with Crippen LogP contribution in [0.4, 0.5) is 0 Å². The van der Waals surface area contributed by atoms with Crippen molar-refractivity contribution in [3.8, 4) is 0 Å². The van der Waals surface area contributed by atoms with E-state index in [-0.39, 0.29) is 22.3 Å². The number of hydrogen-bond donors (Lipinski definition) is 3. The Hall–Kier alpha value is -2.73. The standard InChI is InChI=1S/C18H17N3O2S/c1-10-5-3-4-6-13(10)11(2)19-16(22)12-7-8-14-15(9-12)20-18(24)21-17(14)23/h3-9,11H,1-2H3,(H,19,22)(H2,20,21,23,24)/t11-/m0/s1. The number of aromatic nitrogens is 2. The summed E-state index contributed by atoms with van der Waals surface area (Å²) in [6.45, 7) is 3.96. The van der Waals surface area contributed by atoms with Gasteiger partial charge in [0.25, 0.3) is 11.5 Å². The zero-order valence-electron chi connectivity index (χ0n) is 13.3. The average Bonchev–Trinajstić information content (AvgIpc) is 2.54. The molecule has 122 valence electrons. The molecule has 0 fully saturated rings. The molecule has 0 aliphatic carbocycles. The molecule has 24 heavy (non-hydrogen) atoms. The van der Waals surface area contributed by atoms with Crippen LogP contribution in [0.1, 0.15) is 34.5 Å². The summed E-state index contributed by atoms with van der Waals surface area (Å²) in [5.74, 6) is -0.202. The van der Waals surface area contributed by atoms with E-state index in [4.69, 9.17) is 12.2 Å². The molecular formula is C18H17N3O2S. The average molecular weight is 339 g/mol. The van der Waals surface area contributed by atoms with Gasteiger partial charge in [-0.2, -0.15) is 0 Å². The second kappa shape index (κ2) is 6.41. The molecule has 0 spiro atoms. The SMILES string of the molecule is Cc1ccccc1[C@H](C)NC(=O)c1ccc2c(=O)[nH]c(=S)[nH]c2c1. The van der Waals surface area contributed by atoms with Crippen molar-refractivity contribution in [3.63, 3.8) is 0 Å². The number of benzene rings is 2. The van der Waals surface area contributed by atoms with Crippen molar-refractivity contribution in [3.05, 3.63) is 74.3 Å². The van der Waals surface area contributed by atoms with Crippen LogP contribution in [0.15, 0.2) is 47.3 Å². The molecule has 3 aromatic rings. The highest BCUT2D eigenvalue weighted by Crippen LogP contribution is 2.18. The Kier molecular flexibility index (Phi) is 4.31. The highest BCUT2D eigenvalue weighted by Gasteiger charge is 2.13. The maximum Gasteiger partial charge on any atom is 0.259 e. The fourth-order valence-corrected chi connectivity index (χ4v) is 2.94. The van der Waals surface area contributed by atoms with Gasteiger partial charge < -0.3 is 10.3 Å². The third-order valence-corrected chi connectivity index (χ3v) is 4.21. The predicted molar refractivity (Wildman–Crippen MR) is 96.8 cm³/mol. The zero-order chi connectivity index (χ0) is 17.3. The lowest BCUT2D eigenvalue weighted by molar-refractivity contribution is 0.0940. The second-order valence-corrected chi connectivity index (χ2v) is 6.13. The lowest BCUT2D eigenvalue weighted by Gasteiger charge is -2.16. The topological polar surface area (TPSA) is 77.8 Å². The van der Waals surface area contributed by atoms with Crippen LogP contribution in [0.3, 0.4) is 0 Å². The summed E-state index contributed by atoms with van der Waals surface area (Å²) in [4.78, 5) is 29.8. The summed E-state index contributed by atoms with van der Waals surface area (Å²) in [5, 5.41) is 3.45. The Balaban J connectivity index is 1.90. The van der Waals surface area contributed by atoms with Gasteiger partial charge in [-0.3, -0.25) is 14.6 Å². The number of aromatic amines is 2. The van der Waals surface area contributed by atoms with Gasteiger partial charge in [0.1, 0.15) is 0 Å². The van der Waals surface area contributed by atoms with Crippen molar-refractivity contribution in [2.75, 3.05) is 0 Å². The van der Waals surface area contributed by atoms with Gasteiger partial charge in [0.2, 0.25) is 0 Å². The van der Waals surface area contributed by atoms with Crippen LogP contribution >= 0.6 is 12.2 Å². The van der Waals surface area contributed by atoms with E-state index in [1.807, 2.05) is 38.1 Å². The van der Waals surface area contributed by atoms with Crippen LogP contribution in [0.5, 0.6) is 0 Å². The minimum atomic E-state index is -0.269. The molecule has 0 unspecified atom stereocenters. The number of carbonyl (C=O) groups is 1. The number of fused-ring (bicyclic) bond motifs is 1. The van der Waals surface area contributed by atoms with E-state index in [0.29, 0.717) is 16.5 Å². The number of aryl methyl sites for hydroxylation is 1. The van der Waals surface area contributed by atoms with E-state index in [0.717, 1.165) is 11.1 Å². The fourth-order valence-electron chi connectivity index (χ4n) is 2.74. The Morgan fingerprint density at radius 2 is 1.92 bits per heavy atom. The summed E-state index contributed by atoms with van der Waals surface area (Å²) in [5.41, 5.74) is 2.94. The van der Waals surface area contributed by atoms with Gasteiger partial charge in [-0.25, -0.2) is 0 Å². The highest BCUT2D eigenvalue weighted by atomic mass is 32.1. The summed E-state index contributed by atoms with van der Waals surface area (Å²) in [7, 11) is 0. The third kappa shape index (κ3) is 3.14. The van der Waals surface area contributed by atoms with Crippen LogP contribution in [-0.4, -0.2) is 15.9 Å². The van der Waals surface area contributed by atoms with Gasteiger partial charge in [0.15, 0.2) is 4.77 Å². The molecule has 0 aliphatic rings. The number of amides is 1. The predicted octanol–water partition coefficient (Wildman–Crippen LogP) is 3.39. The summed E-state index contributed by atoms with van der Waals surface area (Å²) < 4.78 is 0.235. The lowest BCUT2D eigenvalue weighted by Crippen LogP contribution is -2.27. The number of carbonyl (C=O) groups excluding carboxylic acids is 1. The molecular weight excluding hydrogens is 322 g/mol. The maximum atomic E-state index is 12.5. The number of nitrogens with one attached hydrogen (secondary N) is 3. The Morgan fingerprint density at radius 1 is 1.17 bits per heavy atom. The van der Waals surface area contributed by atoms with E-state index in [1.165, 1.54) is 0 Å². The molecule has 1 atom stereocenters. The van der Waals surface area contributed by atoms with Crippen LogP contribution in [0, 0.1) is 11.7 Å². The fraction of sp³-hybridized carbons (Fsp3) is 0.167. The molecule has 0 aliphatic heterocycles. The second-order valence-electron chi connectivity index (χ2n) is 5.72. The van der Waals surface area contributed by atoms with Crippen LogP contribution < -0.4 is 10.9 Å². The van der Waals surface area contributed by atoms with Crippen LogP contribution in [0.2, 0.25) is 0 Å².